The molecule has 0 aliphatic rings. The minimum absolute atomic E-state index is 0.722. The van der Waals surface area contributed by atoms with Crippen molar-refractivity contribution in [2.75, 3.05) is 11.5 Å². The van der Waals surface area contributed by atoms with Gasteiger partial charge in [-0.05, 0) is 35.0 Å². The summed E-state index contributed by atoms with van der Waals surface area (Å²) in [4.78, 5) is 0. The molecule has 2 rings (SSSR count). The van der Waals surface area contributed by atoms with Crippen molar-refractivity contribution in [2.45, 2.75) is 13.5 Å². The molecule has 0 aliphatic carbocycles. The fourth-order valence-electron chi connectivity index (χ4n) is 1.74. The highest BCUT2D eigenvalue weighted by Crippen LogP contribution is 2.35. The molecule has 1 heterocycles. The number of hydrogen-bond donors (Lipinski definition) is 2. The summed E-state index contributed by atoms with van der Waals surface area (Å²) in [5.74, 6) is 0. The second-order valence-corrected chi connectivity index (χ2v) is 3.94. The van der Waals surface area contributed by atoms with Crippen LogP contribution in [0, 0.1) is 0 Å². The third-order valence-electron chi connectivity index (χ3n) is 2.41. The Morgan fingerprint density at radius 3 is 2.71 bits per heavy atom. The van der Waals surface area contributed by atoms with E-state index in [0.29, 0.717) is 0 Å². The first kappa shape index (κ1) is 9.40. The van der Waals surface area contributed by atoms with E-state index in [1.165, 1.54) is 0 Å². The molecule has 1 aromatic heterocycles. The number of benzene rings is 1. The summed E-state index contributed by atoms with van der Waals surface area (Å²) in [5.41, 5.74) is 14.4. The Morgan fingerprint density at radius 1 is 1.36 bits per heavy atom. The largest absolute Gasteiger partial charge is 0.398 e. The number of aryl methyl sites for hydroxylation is 1. The molecule has 0 atom stereocenters. The van der Waals surface area contributed by atoms with Crippen LogP contribution in [0.2, 0.25) is 0 Å². The summed E-state index contributed by atoms with van der Waals surface area (Å²) in [6.07, 6.45) is 0. The summed E-state index contributed by atoms with van der Waals surface area (Å²) < 4.78 is 3.01. The maximum absolute atomic E-state index is 5.97. The molecule has 14 heavy (non-hydrogen) atoms. The molecular weight excluding hydrogens is 242 g/mol. The molecular formula is C10H12BrN3. The molecule has 0 saturated heterocycles. The SMILES string of the molecule is CCn1c(Br)c(N)c2c(N)cccc21. The highest BCUT2D eigenvalue weighted by Gasteiger charge is 2.13. The summed E-state index contributed by atoms with van der Waals surface area (Å²) in [6, 6.07) is 5.83. The Kier molecular flexibility index (Phi) is 2.15. The van der Waals surface area contributed by atoms with Gasteiger partial charge in [0.1, 0.15) is 4.60 Å². The second kappa shape index (κ2) is 3.20. The smallest absolute Gasteiger partial charge is 0.109 e. The standard InChI is InChI=1S/C10H12BrN3/c1-2-14-7-5-3-4-6(12)8(7)9(13)10(14)11/h3-5H,2,12-13H2,1H3. The van der Waals surface area contributed by atoms with Gasteiger partial charge in [-0.1, -0.05) is 6.07 Å². The lowest BCUT2D eigenvalue weighted by Gasteiger charge is -2.02. The monoisotopic (exact) mass is 253 g/mol. The van der Waals surface area contributed by atoms with Crippen LogP contribution in [0.15, 0.2) is 22.8 Å². The van der Waals surface area contributed by atoms with E-state index in [-0.39, 0.29) is 0 Å². The topological polar surface area (TPSA) is 57.0 Å². The van der Waals surface area contributed by atoms with Crippen molar-refractivity contribution < 1.29 is 0 Å². The number of hydrogen-bond acceptors (Lipinski definition) is 2. The lowest BCUT2D eigenvalue weighted by molar-refractivity contribution is 0.781. The Balaban J connectivity index is 2.95. The zero-order valence-corrected chi connectivity index (χ0v) is 9.51. The van der Waals surface area contributed by atoms with Crippen LogP contribution in [-0.4, -0.2) is 4.57 Å². The summed E-state index contributed by atoms with van der Waals surface area (Å²) in [5, 5.41) is 0.946. The number of fused-ring (bicyclic) bond motifs is 1. The van der Waals surface area contributed by atoms with Crippen LogP contribution in [0.1, 0.15) is 6.92 Å². The van der Waals surface area contributed by atoms with E-state index in [1.807, 2.05) is 18.2 Å². The highest BCUT2D eigenvalue weighted by atomic mass is 79.9. The van der Waals surface area contributed by atoms with Crippen molar-refractivity contribution in [3.05, 3.63) is 22.8 Å². The molecule has 0 amide bonds. The number of nitrogens with zero attached hydrogens (tertiary/aromatic N) is 1. The van der Waals surface area contributed by atoms with Crippen molar-refractivity contribution in [3.8, 4) is 0 Å². The fourth-order valence-corrected chi connectivity index (χ4v) is 2.38. The molecule has 0 bridgehead atoms. The molecule has 0 spiro atoms. The van der Waals surface area contributed by atoms with Crippen LogP contribution in [0.4, 0.5) is 11.4 Å². The molecule has 0 fully saturated rings. The van der Waals surface area contributed by atoms with Gasteiger partial charge in [-0.15, -0.1) is 0 Å². The Labute approximate surface area is 90.8 Å². The van der Waals surface area contributed by atoms with E-state index in [2.05, 4.69) is 27.4 Å². The van der Waals surface area contributed by atoms with E-state index in [1.54, 1.807) is 0 Å². The third kappa shape index (κ3) is 1.10. The zero-order valence-electron chi connectivity index (χ0n) is 7.92. The van der Waals surface area contributed by atoms with Gasteiger partial charge in [0, 0.05) is 17.6 Å². The van der Waals surface area contributed by atoms with Gasteiger partial charge in [0.25, 0.3) is 0 Å². The van der Waals surface area contributed by atoms with Crippen molar-refractivity contribution in [3.63, 3.8) is 0 Å². The van der Waals surface area contributed by atoms with E-state index >= 15 is 0 Å². The van der Waals surface area contributed by atoms with Crippen molar-refractivity contribution in [2.24, 2.45) is 0 Å². The number of halogens is 1. The molecule has 0 radical (unpaired) electrons. The van der Waals surface area contributed by atoms with Gasteiger partial charge in [-0.25, -0.2) is 0 Å². The second-order valence-electron chi connectivity index (χ2n) is 3.19. The van der Waals surface area contributed by atoms with E-state index in [4.69, 9.17) is 11.5 Å². The van der Waals surface area contributed by atoms with Gasteiger partial charge in [0.2, 0.25) is 0 Å². The average Bonchev–Trinajstić information content (AvgIpc) is 2.41. The first-order chi connectivity index (χ1) is 6.66. The maximum atomic E-state index is 5.97. The number of rotatable bonds is 1. The first-order valence-electron chi connectivity index (χ1n) is 4.48. The van der Waals surface area contributed by atoms with Crippen LogP contribution < -0.4 is 11.5 Å². The number of nitrogen functional groups attached to an aromatic ring is 2. The lowest BCUT2D eigenvalue weighted by atomic mass is 10.2. The maximum Gasteiger partial charge on any atom is 0.109 e. The van der Waals surface area contributed by atoms with E-state index in [0.717, 1.165) is 33.4 Å². The Morgan fingerprint density at radius 2 is 2.07 bits per heavy atom. The fraction of sp³-hybridized carbons (Fsp3) is 0.200. The number of anilines is 2. The third-order valence-corrected chi connectivity index (χ3v) is 3.27. The van der Waals surface area contributed by atoms with Gasteiger partial charge in [0.05, 0.1) is 11.2 Å². The first-order valence-corrected chi connectivity index (χ1v) is 5.27. The van der Waals surface area contributed by atoms with E-state index in [9.17, 15) is 0 Å². The molecule has 0 saturated carbocycles. The van der Waals surface area contributed by atoms with E-state index < -0.39 is 0 Å². The minimum atomic E-state index is 0.722. The minimum Gasteiger partial charge on any atom is -0.398 e. The van der Waals surface area contributed by atoms with Crippen LogP contribution >= 0.6 is 15.9 Å². The molecule has 4 heteroatoms. The molecule has 3 nitrogen and oxygen atoms in total. The van der Waals surface area contributed by atoms with Gasteiger partial charge in [-0.2, -0.15) is 0 Å². The quantitative estimate of drug-likeness (QED) is 0.768. The number of nitrogens with two attached hydrogens (primary N) is 2. The Hall–Kier alpha value is -1.16. The lowest BCUT2D eigenvalue weighted by Crippen LogP contribution is -1.94. The average molecular weight is 254 g/mol. The normalized spacial score (nSPS) is 11.0. The van der Waals surface area contributed by atoms with Crippen molar-refractivity contribution >= 4 is 38.2 Å². The molecule has 4 N–H and O–H groups in total. The van der Waals surface area contributed by atoms with Crippen LogP contribution in [0.3, 0.4) is 0 Å². The molecule has 2 aromatic rings. The van der Waals surface area contributed by atoms with Gasteiger partial charge in [-0.3, -0.25) is 0 Å². The molecule has 1 aromatic carbocycles. The van der Waals surface area contributed by atoms with Gasteiger partial charge < -0.3 is 16.0 Å². The van der Waals surface area contributed by atoms with Crippen molar-refractivity contribution in [1.29, 1.82) is 0 Å². The molecule has 0 aliphatic heterocycles. The molecule has 74 valence electrons. The predicted molar refractivity (Wildman–Crippen MR) is 64.1 cm³/mol. The van der Waals surface area contributed by atoms with Gasteiger partial charge in [0.15, 0.2) is 0 Å². The van der Waals surface area contributed by atoms with Crippen LogP contribution in [0.5, 0.6) is 0 Å². The van der Waals surface area contributed by atoms with Crippen LogP contribution in [-0.2, 0) is 6.54 Å². The van der Waals surface area contributed by atoms with Crippen molar-refractivity contribution in [1.82, 2.24) is 4.57 Å². The summed E-state index contributed by atoms with van der Waals surface area (Å²) in [6.45, 7) is 2.95. The molecule has 0 unspecified atom stereocenters. The predicted octanol–water partition coefficient (Wildman–Crippen LogP) is 2.59. The highest BCUT2D eigenvalue weighted by molar-refractivity contribution is 9.10. The summed E-state index contributed by atoms with van der Waals surface area (Å²) in [7, 11) is 0. The Bertz CT molecular complexity index is 488. The van der Waals surface area contributed by atoms with Crippen LogP contribution in [0.25, 0.3) is 10.9 Å². The number of aromatic nitrogens is 1. The van der Waals surface area contributed by atoms with Gasteiger partial charge >= 0.3 is 0 Å². The zero-order chi connectivity index (χ0) is 10.3. The summed E-state index contributed by atoms with van der Waals surface area (Å²) >= 11 is 3.47.